The first-order chi connectivity index (χ1) is 13.0. The Kier molecular flexibility index (Phi) is 5.38. The Morgan fingerprint density at radius 2 is 2.19 bits per heavy atom. The van der Waals surface area contributed by atoms with Crippen molar-refractivity contribution in [3.05, 3.63) is 41.3 Å². The number of hydrogen-bond donors (Lipinski definition) is 2. The summed E-state index contributed by atoms with van der Waals surface area (Å²) in [5.74, 6) is -1.31. The molecule has 8 nitrogen and oxygen atoms in total. The molecule has 0 saturated carbocycles. The molecule has 1 aliphatic heterocycles. The molecule has 2 N–H and O–H groups in total. The van der Waals surface area contributed by atoms with Crippen LogP contribution in [0.1, 0.15) is 18.9 Å². The van der Waals surface area contributed by atoms with Crippen LogP contribution in [0.3, 0.4) is 0 Å². The third-order valence-electron chi connectivity index (χ3n) is 3.76. The van der Waals surface area contributed by atoms with E-state index in [1.807, 2.05) is 6.07 Å². The van der Waals surface area contributed by atoms with E-state index < -0.39 is 30.0 Å². The number of carbonyl (C=O) groups is 3. The first-order valence-corrected chi connectivity index (χ1v) is 8.90. The number of fused-ring (bicyclic) bond motifs is 1. The van der Waals surface area contributed by atoms with Gasteiger partial charge in [-0.25, -0.2) is 0 Å². The molecule has 9 heteroatoms. The van der Waals surface area contributed by atoms with E-state index in [-0.39, 0.29) is 6.42 Å². The number of ether oxygens (including phenoxy) is 2. The number of anilines is 2. The molecule has 0 radical (unpaired) electrons. The van der Waals surface area contributed by atoms with E-state index in [1.165, 1.54) is 18.3 Å². The second kappa shape index (κ2) is 7.88. The van der Waals surface area contributed by atoms with Gasteiger partial charge in [-0.15, -0.1) is 11.3 Å². The number of nitrogens with one attached hydrogen (secondary N) is 2. The zero-order valence-corrected chi connectivity index (χ0v) is 15.0. The smallest absolute Gasteiger partial charge is 0.310 e. The lowest BCUT2D eigenvalue weighted by Crippen LogP contribution is -2.40. The lowest BCUT2D eigenvalue weighted by molar-refractivity contribution is -0.155. The van der Waals surface area contributed by atoms with Crippen LogP contribution in [0.2, 0.25) is 0 Å². The highest BCUT2D eigenvalue weighted by Crippen LogP contribution is 2.29. The Balaban J connectivity index is 1.55. The second-order valence-corrected chi connectivity index (χ2v) is 6.61. The van der Waals surface area contributed by atoms with Crippen LogP contribution in [0.4, 0.5) is 10.7 Å². The number of rotatable bonds is 5. The van der Waals surface area contributed by atoms with E-state index in [0.29, 0.717) is 22.0 Å². The van der Waals surface area contributed by atoms with Crippen molar-refractivity contribution in [2.45, 2.75) is 25.6 Å². The Morgan fingerprint density at radius 3 is 2.96 bits per heavy atom. The van der Waals surface area contributed by atoms with Gasteiger partial charge in [-0.3, -0.25) is 14.4 Å². The zero-order chi connectivity index (χ0) is 19.4. The Hall–Kier alpha value is -3.38. The molecule has 2 amide bonds. The molecule has 0 spiro atoms. The van der Waals surface area contributed by atoms with Gasteiger partial charge in [0.25, 0.3) is 11.8 Å². The Morgan fingerprint density at radius 1 is 1.41 bits per heavy atom. The quantitative estimate of drug-likeness (QED) is 0.763. The number of nitriles is 1. The van der Waals surface area contributed by atoms with E-state index in [2.05, 4.69) is 10.6 Å². The van der Waals surface area contributed by atoms with Crippen molar-refractivity contribution in [2.24, 2.45) is 0 Å². The summed E-state index contributed by atoms with van der Waals surface area (Å²) in [7, 11) is 0. The van der Waals surface area contributed by atoms with Crippen molar-refractivity contribution in [2.75, 3.05) is 10.6 Å². The number of thiophene rings is 1. The van der Waals surface area contributed by atoms with Gasteiger partial charge in [0.2, 0.25) is 0 Å². The molecule has 27 heavy (non-hydrogen) atoms. The predicted molar refractivity (Wildman–Crippen MR) is 97.3 cm³/mol. The number of carbonyl (C=O) groups excluding carboxylic acids is 3. The summed E-state index contributed by atoms with van der Waals surface area (Å²) >= 11 is 1.19. The third-order valence-corrected chi connectivity index (χ3v) is 4.59. The van der Waals surface area contributed by atoms with E-state index in [4.69, 9.17) is 14.7 Å². The zero-order valence-electron chi connectivity index (χ0n) is 14.2. The largest absolute Gasteiger partial charge is 0.478 e. The first kappa shape index (κ1) is 18.4. The standard InChI is InChI=1S/C18H15N3O5S/c1-10(16(23)21-18-11(9-19)6-7-27-18)25-15(22)8-14-17(24)20-12-4-2-3-5-13(12)26-14/h2-7,10,14H,8H2,1H3,(H,20,24)(H,21,23)/t10-,14+/m0/s1. The molecule has 3 rings (SSSR count). The van der Waals surface area contributed by atoms with Crippen molar-refractivity contribution in [1.82, 2.24) is 0 Å². The number of nitrogens with zero attached hydrogens (tertiary/aromatic N) is 1. The molecule has 1 aromatic heterocycles. The van der Waals surface area contributed by atoms with Crippen LogP contribution in [-0.2, 0) is 19.1 Å². The molecule has 1 aromatic carbocycles. The number of amides is 2. The summed E-state index contributed by atoms with van der Waals surface area (Å²) in [5.41, 5.74) is 0.863. The van der Waals surface area contributed by atoms with Gasteiger partial charge in [-0.1, -0.05) is 12.1 Å². The van der Waals surface area contributed by atoms with E-state index >= 15 is 0 Å². The molecule has 2 atom stereocenters. The molecule has 0 bridgehead atoms. The maximum Gasteiger partial charge on any atom is 0.310 e. The maximum atomic E-state index is 12.1. The fraction of sp³-hybridized carbons (Fsp3) is 0.222. The number of benzene rings is 1. The van der Waals surface area contributed by atoms with Gasteiger partial charge in [-0.05, 0) is 30.5 Å². The normalized spacial score (nSPS) is 16.1. The highest BCUT2D eigenvalue weighted by atomic mass is 32.1. The van der Waals surface area contributed by atoms with Crippen LogP contribution < -0.4 is 15.4 Å². The molecule has 1 aliphatic rings. The lowest BCUT2D eigenvalue weighted by atomic mass is 10.1. The van der Waals surface area contributed by atoms with E-state index in [1.54, 1.807) is 35.7 Å². The van der Waals surface area contributed by atoms with Gasteiger partial charge in [-0.2, -0.15) is 5.26 Å². The summed E-state index contributed by atoms with van der Waals surface area (Å²) < 4.78 is 10.6. The third kappa shape index (κ3) is 4.24. The molecule has 0 saturated heterocycles. The minimum atomic E-state index is -1.09. The van der Waals surface area contributed by atoms with Crippen LogP contribution in [0.5, 0.6) is 5.75 Å². The Bertz CT molecular complexity index is 933. The van der Waals surface area contributed by atoms with Crippen molar-refractivity contribution in [3.63, 3.8) is 0 Å². The molecular weight excluding hydrogens is 370 g/mol. The number of para-hydroxylation sites is 2. The SMILES string of the molecule is C[C@H](OC(=O)C[C@H]1Oc2ccccc2NC1=O)C(=O)Nc1sccc1C#N. The lowest BCUT2D eigenvalue weighted by Gasteiger charge is -2.25. The van der Waals surface area contributed by atoms with Crippen molar-refractivity contribution >= 4 is 39.8 Å². The first-order valence-electron chi connectivity index (χ1n) is 8.02. The minimum Gasteiger partial charge on any atom is -0.478 e. The summed E-state index contributed by atoms with van der Waals surface area (Å²) in [5, 5.41) is 16.2. The summed E-state index contributed by atoms with van der Waals surface area (Å²) in [4.78, 5) is 36.3. The Labute approximate surface area is 158 Å². The van der Waals surface area contributed by atoms with Gasteiger partial charge in [0, 0.05) is 0 Å². The highest BCUT2D eigenvalue weighted by molar-refractivity contribution is 7.14. The summed E-state index contributed by atoms with van der Waals surface area (Å²) in [6, 6.07) is 10.4. The van der Waals surface area contributed by atoms with Gasteiger partial charge >= 0.3 is 5.97 Å². The average Bonchev–Trinajstić information content (AvgIpc) is 3.09. The monoisotopic (exact) mass is 385 g/mol. The molecule has 0 unspecified atom stereocenters. The maximum absolute atomic E-state index is 12.1. The molecule has 0 fully saturated rings. The fourth-order valence-electron chi connectivity index (χ4n) is 2.38. The molecular formula is C18H15N3O5S. The van der Waals surface area contributed by atoms with Crippen molar-refractivity contribution < 1.29 is 23.9 Å². The molecule has 2 heterocycles. The van der Waals surface area contributed by atoms with Crippen LogP contribution in [0.15, 0.2) is 35.7 Å². The molecule has 0 aliphatic carbocycles. The van der Waals surface area contributed by atoms with Crippen LogP contribution in [0, 0.1) is 11.3 Å². The average molecular weight is 385 g/mol. The van der Waals surface area contributed by atoms with Gasteiger partial charge in [0.1, 0.15) is 16.8 Å². The minimum absolute atomic E-state index is 0.331. The second-order valence-electron chi connectivity index (χ2n) is 5.69. The summed E-state index contributed by atoms with van der Waals surface area (Å²) in [6.45, 7) is 1.41. The van der Waals surface area contributed by atoms with Gasteiger partial charge < -0.3 is 20.1 Å². The molecule has 138 valence electrons. The topological polar surface area (TPSA) is 118 Å². The predicted octanol–water partition coefficient (Wildman–Crippen LogP) is 2.28. The van der Waals surface area contributed by atoms with Crippen molar-refractivity contribution in [3.8, 4) is 11.8 Å². The van der Waals surface area contributed by atoms with Crippen LogP contribution in [-0.4, -0.2) is 30.0 Å². The summed E-state index contributed by atoms with van der Waals surface area (Å²) in [6.07, 6.45) is -2.46. The molecule has 2 aromatic rings. The van der Waals surface area contributed by atoms with Gasteiger partial charge in [0.05, 0.1) is 17.7 Å². The highest BCUT2D eigenvalue weighted by Gasteiger charge is 2.31. The van der Waals surface area contributed by atoms with E-state index in [0.717, 1.165) is 0 Å². The number of hydrogen-bond acceptors (Lipinski definition) is 7. The van der Waals surface area contributed by atoms with Crippen molar-refractivity contribution in [1.29, 1.82) is 5.26 Å². The van der Waals surface area contributed by atoms with E-state index in [9.17, 15) is 14.4 Å². The van der Waals surface area contributed by atoms with Crippen LogP contribution >= 0.6 is 11.3 Å². The fourth-order valence-corrected chi connectivity index (χ4v) is 3.13. The van der Waals surface area contributed by atoms with Gasteiger partial charge in [0.15, 0.2) is 12.2 Å². The number of esters is 1. The van der Waals surface area contributed by atoms with Crippen LogP contribution in [0.25, 0.3) is 0 Å².